The molecule has 0 aliphatic rings. The number of pyridine rings is 1. The molecule has 0 fully saturated rings. The van der Waals surface area contributed by atoms with Crippen LogP contribution in [-0.4, -0.2) is 15.0 Å². The zero-order valence-electron chi connectivity index (χ0n) is 26.7. The van der Waals surface area contributed by atoms with E-state index in [2.05, 4.69) is 120 Å². The minimum absolute atomic E-state index is 0.661. The lowest BCUT2D eigenvalue weighted by molar-refractivity contribution is 0.670. The topological polar surface area (TPSA) is 51.8 Å². The second-order valence-corrected chi connectivity index (χ2v) is 13.5. The van der Waals surface area contributed by atoms with Crippen LogP contribution in [0.5, 0.6) is 0 Å². The van der Waals surface area contributed by atoms with Crippen LogP contribution in [0.15, 0.2) is 168 Å². The van der Waals surface area contributed by atoms with Gasteiger partial charge in [0.05, 0.1) is 11.4 Å². The first-order valence-corrected chi connectivity index (χ1v) is 17.4. The van der Waals surface area contributed by atoms with Crippen molar-refractivity contribution in [2.45, 2.75) is 0 Å². The Morgan fingerprint density at radius 3 is 2.10 bits per heavy atom. The molecule has 0 saturated carbocycles. The highest BCUT2D eigenvalue weighted by molar-refractivity contribution is 7.25. The smallest absolute Gasteiger partial charge is 0.160 e. The van der Waals surface area contributed by atoms with E-state index in [1.807, 2.05) is 53.9 Å². The molecule has 0 aliphatic carbocycles. The van der Waals surface area contributed by atoms with Crippen LogP contribution >= 0.6 is 11.3 Å². The van der Waals surface area contributed by atoms with Crippen molar-refractivity contribution >= 4 is 53.4 Å². The zero-order valence-corrected chi connectivity index (χ0v) is 27.6. The van der Waals surface area contributed by atoms with Crippen molar-refractivity contribution < 1.29 is 4.42 Å². The molecule has 6 aromatic carbocycles. The summed E-state index contributed by atoms with van der Waals surface area (Å²) in [7, 11) is 0. The predicted molar refractivity (Wildman–Crippen MR) is 207 cm³/mol. The van der Waals surface area contributed by atoms with E-state index >= 15 is 0 Å². The Morgan fingerprint density at radius 1 is 0.460 bits per heavy atom. The maximum Gasteiger partial charge on any atom is 0.160 e. The summed E-state index contributed by atoms with van der Waals surface area (Å²) in [4.78, 5) is 14.6. The van der Waals surface area contributed by atoms with Gasteiger partial charge in [-0.25, -0.2) is 9.97 Å². The van der Waals surface area contributed by atoms with Gasteiger partial charge in [-0.1, -0.05) is 109 Å². The summed E-state index contributed by atoms with van der Waals surface area (Å²) in [5.41, 5.74) is 10.6. The maximum atomic E-state index is 6.74. The Labute approximate surface area is 292 Å². The average Bonchev–Trinajstić information content (AvgIpc) is 3.77. The summed E-state index contributed by atoms with van der Waals surface area (Å²) in [5.74, 6) is 0.661. The van der Waals surface area contributed by atoms with E-state index in [0.717, 1.165) is 72.3 Å². The second-order valence-electron chi connectivity index (χ2n) is 12.4. The SMILES string of the molecule is c1ccc(-c2nc(-c3cccc(-c4cccnc4)c3)cc(-c3ccc(-c4ccc5c(c4)sc4ccccc45)c4c3oc3ccccc34)n2)cc1. The summed E-state index contributed by atoms with van der Waals surface area (Å²) < 4.78 is 9.31. The highest BCUT2D eigenvalue weighted by Gasteiger charge is 2.20. The fraction of sp³-hybridized carbons (Fsp3) is 0. The molecule has 0 spiro atoms. The van der Waals surface area contributed by atoms with E-state index in [1.165, 1.54) is 20.2 Å². The van der Waals surface area contributed by atoms with Crippen molar-refractivity contribution in [2.24, 2.45) is 0 Å². The number of hydrogen-bond acceptors (Lipinski definition) is 5. The van der Waals surface area contributed by atoms with E-state index in [0.29, 0.717) is 5.82 Å². The van der Waals surface area contributed by atoms with Crippen LogP contribution in [0.2, 0.25) is 0 Å². The molecule has 0 unspecified atom stereocenters. The molecule has 0 bridgehead atoms. The van der Waals surface area contributed by atoms with Crippen LogP contribution in [0.25, 0.3) is 98.3 Å². The zero-order chi connectivity index (χ0) is 33.0. The fourth-order valence-corrected chi connectivity index (χ4v) is 8.15. The van der Waals surface area contributed by atoms with Gasteiger partial charge in [0.15, 0.2) is 5.82 Å². The Kier molecular flexibility index (Phi) is 6.64. The predicted octanol–water partition coefficient (Wildman–Crippen LogP) is 12.5. The third-order valence-electron chi connectivity index (χ3n) is 9.40. The highest BCUT2D eigenvalue weighted by atomic mass is 32.1. The molecule has 0 saturated heterocycles. The molecule has 0 radical (unpaired) electrons. The lowest BCUT2D eigenvalue weighted by atomic mass is 9.95. The monoisotopic (exact) mass is 657 g/mol. The molecule has 234 valence electrons. The molecule has 0 N–H and O–H groups in total. The molecule has 0 atom stereocenters. The number of rotatable bonds is 5. The first-order chi connectivity index (χ1) is 24.8. The van der Waals surface area contributed by atoms with Crippen LogP contribution in [0.4, 0.5) is 0 Å². The normalized spacial score (nSPS) is 11.6. The van der Waals surface area contributed by atoms with Crippen LogP contribution in [-0.2, 0) is 0 Å². The van der Waals surface area contributed by atoms with E-state index in [4.69, 9.17) is 14.4 Å². The number of thiophene rings is 1. The molecule has 4 heterocycles. The number of hydrogen-bond donors (Lipinski definition) is 0. The molecule has 10 rings (SSSR count). The Morgan fingerprint density at radius 2 is 1.20 bits per heavy atom. The van der Waals surface area contributed by atoms with Crippen molar-refractivity contribution in [2.75, 3.05) is 0 Å². The molecule has 10 aromatic rings. The third-order valence-corrected chi connectivity index (χ3v) is 10.5. The van der Waals surface area contributed by atoms with Gasteiger partial charge >= 0.3 is 0 Å². The molecule has 4 nitrogen and oxygen atoms in total. The summed E-state index contributed by atoms with van der Waals surface area (Å²) in [6, 6.07) is 52.9. The van der Waals surface area contributed by atoms with Crippen molar-refractivity contribution in [3.8, 4) is 56.2 Å². The number of nitrogens with zero attached hydrogens (tertiary/aromatic N) is 3. The van der Waals surface area contributed by atoms with Crippen LogP contribution in [0, 0.1) is 0 Å². The Balaban J connectivity index is 1.19. The van der Waals surface area contributed by atoms with E-state index in [-0.39, 0.29) is 0 Å². The minimum atomic E-state index is 0.661. The van der Waals surface area contributed by atoms with Gasteiger partial charge in [0, 0.05) is 65.6 Å². The van der Waals surface area contributed by atoms with Gasteiger partial charge in [-0.05, 0) is 59.2 Å². The summed E-state index contributed by atoms with van der Waals surface area (Å²) in [6.07, 6.45) is 3.68. The Hall–Kier alpha value is -6.43. The minimum Gasteiger partial charge on any atom is -0.455 e. The molecular formula is C45H27N3OS. The second kappa shape index (κ2) is 11.6. The molecule has 0 aliphatic heterocycles. The molecule has 50 heavy (non-hydrogen) atoms. The standard InChI is InChI=1S/C45H27N3OS/c1-2-10-28(11-3-1)45-47-38(31-13-8-12-29(24-31)32-14-9-23-46-27-32)26-39(48-45)36-22-21-33(43-37-16-4-6-17-40(37)49-44(36)43)30-19-20-35-34-15-5-7-18-41(34)50-42(35)25-30/h1-27H. The highest BCUT2D eigenvalue weighted by Crippen LogP contribution is 2.44. The molecule has 5 heteroatoms. The number of aromatic nitrogens is 3. The summed E-state index contributed by atoms with van der Waals surface area (Å²) in [5, 5.41) is 4.75. The summed E-state index contributed by atoms with van der Waals surface area (Å²) >= 11 is 1.84. The summed E-state index contributed by atoms with van der Waals surface area (Å²) in [6.45, 7) is 0. The Bertz CT molecular complexity index is 2870. The first kappa shape index (κ1) is 28.6. The van der Waals surface area contributed by atoms with Gasteiger partial charge in [0.1, 0.15) is 11.2 Å². The third kappa shape index (κ3) is 4.79. The number of furan rings is 1. The average molecular weight is 658 g/mol. The van der Waals surface area contributed by atoms with E-state index in [1.54, 1.807) is 6.20 Å². The van der Waals surface area contributed by atoms with Gasteiger partial charge in [0.2, 0.25) is 0 Å². The van der Waals surface area contributed by atoms with Gasteiger partial charge in [-0.15, -0.1) is 11.3 Å². The lowest BCUT2D eigenvalue weighted by Gasteiger charge is -2.12. The van der Waals surface area contributed by atoms with Gasteiger partial charge in [-0.3, -0.25) is 4.98 Å². The van der Waals surface area contributed by atoms with E-state index < -0.39 is 0 Å². The number of benzene rings is 6. The van der Waals surface area contributed by atoms with Crippen LogP contribution in [0.3, 0.4) is 0 Å². The van der Waals surface area contributed by atoms with Crippen LogP contribution < -0.4 is 0 Å². The largest absolute Gasteiger partial charge is 0.455 e. The lowest BCUT2D eigenvalue weighted by Crippen LogP contribution is -1.96. The van der Waals surface area contributed by atoms with Crippen molar-refractivity contribution in [3.05, 3.63) is 164 Å². The molecule has 4 aromatic heterocycles. The van der Waals surface area contributed by atoms with Crippen molar-refractivity contribution in [3.63, 3.8) is 0 Å². The fourth-order valence-electron chi connectivity index (χ4n) is 7.00. The van der Waals surface area contributed by atoms with Crippen molar-refractivity contribution in [1.29, 1.82) is 0 Å². The quantitative estimate of drug-likeness (QED) is 0.185. The van der Waals surface area contributed by atoms with E-state index in [9.17, 15) is 0 Å². The van der Waals surface area contributed by atoms with Crippen LogP contribution in [0.1, 0.15) is 0 Å². The van der Waals surface area contributed by atoms with Gasteiger partial charge in [0.25, 0.3) is 0 Å². The van der Waals surface area contributed by atoms with Crippen molar-refractivity contribution in [1.82, 2.24) is 15.0 Å². The molecule has 0 amide bonds. The van der Waals surface area contributed by atoms with Gasteiger partial charge < -0.3 is 4.42 Å². The number of para-hydroxylation sites is 1. The maximum absolute atomic E-state index is 6.74. The molecular weight excluding hydrogens is 631 g/mol. The number of fused-ring (bicyclic) bond motifs is 6. The van der Waals surface area contributed by atoms with Gasteiger partial charge in [-0.2, -0.15) is 0 Å². The first-order valence-electron chi connectivity index (χ1n) is 16.6.